The van der Waals surface area contributed by atoms with E-state index >= 15 is 0 Å². The summed E-state index contributed by atoms with van der Waals surface area (Å²) in [4.78, 5) is 64.1. The molecule has 1 aliphatic heterocycles. The minimum Gasteiger partial charge on any atom is -0.504 e. The van der Waals surface area contributed by atoms with Gasteiger partial charge >= 0.3 is 17.9 Å². The van der Waals surface area contributed by atoms with Crippen molar-refractivity contribution < 1.29 is 53.1 Å². The highest BCUT2D eigenvalue weighted by atomic mass is 16.5. The van der Waals surface area contributed by atoms with E-state index in [1.54, 1.807) is 42.5 Å². The first kappa shape index (κ1) is 34.6. The molecule has 12 nitrogen and oxygen atoms in total. The quantitative estimate of drug-likeness (QED) is 0.168. The minimum atomic E-state index is -1.34. The fourth-order valence-corrected chi connectivity index (χ4v) is 4.87. The molecule has 2 atom stereocenters. The molecule has 242 valence electrons. The number of ether oxygens (including phenoxy) is 4. The van der Waals surface area contributed by atoms with Crippen LogP contribution in [0.3, 0.4) is 0 Å². The van der Waals surface area contributed by atoms with Crippen molar-refractivity contribution in [3.05, 3.63) is 66.2 Å². The first-order valence-electron chi connectivity index (χ1n) is 14.5. The number of carboxylic acid groups (broad SMARTS) is 1. The number of nitrogens with zero attached hydrogens (tertiary/aromatic N) is 1. The van der Waals surface area contributed by atoms with Crippen molar-refractivity contribution >= 4 is 29.6 Å². The summed E-state index contributed by atoms with van der Waals surface area (Å²) in [7, 11) is 1.44. The molecule has 0 bridgehead atoms. The molecule has 0 aliphatic carbocycles. The van der Waals surface area contributed by atoms with E-state index in [0.29, 0.717) is 30.6 Å². The molecule has 1 fully saturated rings. The number of amides is 1. The first-order chi connectivity index (χ1) is 21.4. The fraction of sp³-hybridized carbons (Fsp3) is 0.424. The summed E-state index contributed by atoms with van der Waals surface area (Å²) in [5.41, 5.74) is -0.0733. The Kier molecular flexibility index (Phi) is 12.1. The summed E-state index contributed by atoms with van der Waals surface area (Å²) >= 11 is 0. The van der Waals surface area contributed by atoms with Crippen LogP contribution in [-0.4, -0.2) is 77.6 Å². The minimum absolute atomic E-state index is 0.0455. The van der Waals surface area contributed by atoms with Crippen LogP contribution < -0.4 is 9.47 Å². The third-order valence-electron chi connectivity index (χ3n) is 7.38. The fourth-order valence-electron chi connectivity index (χ4n) is 4.87. The molecule has 1 heterocycles. The molecule has 2 aromatic carbocycles. The van der Waals surface area contributed by atoms with Gasteiger partial charge in [-0.3, -0.25) is 9.59 Å². The number of rotatable bonds is 15. The van der Waals surface area contributed by atoms with Crippen molar-refractivity contribution in [1.29, 1.82) is 0 Å². The third kappa shape index (κ3) is 9.56. The van der Waals surface area contributed by atoms with Gasteiger partial charge in [0.05, 0.1) is 12.5 Å². The number of hydrogen-bond acceptors (Lipinski definition) is 10. The summed E-state index contributed by atoms with van der Waals surface area (Å²) in [6, 6.07) is 10.4. The lowest BCUT2D eigenvalue weighted by molar-refractivity contribution is -0.165. The average Bonchev–Trinajstić information content (AvgIpc) is 3.03. The van der Waals surface area contributed by atoms with E-state index in [2.05, 4.69) is 6.58 Å². The van der Waals surface area contributed by atoms with Gasteiger partial charge < -0.3 is 34.1 Å². The zero-order valence-electron chi connectivity index (χ0n) is 25.7. The molecular formula is C33H39NO11. The number of aryl methyl sites for hydroxylation is 1. The number of likely N-dealkylation sites (tertiary alicyclic amines) is 1. The van der Waals surface area contributed by atoms with E-state index in [1.807, 2.05) is 0 Å². The molecule has 1 aliphatic rings. The Morgan fingerprint density at radius 1 is 1.11 bits per heavy atom. The van der Waals surface area contributed by atoms with Gasteiger partial charge in [0.25, 0.3) is 5.91 Å². The van der Waals surface area contributed by atoms with E-state index in [9.17, 15) is 29.1 Å². The maximum atomic E-state index is 13.7. The van der Waals surface area contributed by atoms with Gasteiger partial charge in [0, 0.05) is 12.6 Å². The summed E-state index contributed by atoms with van der Waals surface area (Å²) in [5.74, 6) is -3.73. The maximum absolute atomic E-state index is 13.7. The molecule has 2 aromatic rings. The van der Waals surface area contributed by atoms with Gasteiger partial charge in [-0.25, -0.2) is 14.4 Å². The molecule has 3 rings (SSSR count). The molecule has 0 radical (unpaired) electrons. The number of aromatic hydroxyl groups is 1. The molecular weight excluding hydrogens is 586 g/mol. The number of carboxylic acids is 1. The molecule has 12 heteroatoms. The molecule has 1 saturated heterocycles. The van der Waals surface area contributed by atoms with Gasteiger partial charge in [0.15, 0.2) is 18.1 Å². The summed E-state index contributed by atoms with van der Waals surface area (Å²) < 4.78 is 21.4. The highest BCUT2D eigenvalue weighted by molar-refractivity contribution is 6.38. The number of esters is 2. The van der Waals surface area contributed by atoms with Crippen LogP contribution in [0, 0.1) is 5.41 Å². The van der Waals surface area contributed by atoms with Gasteiger partial charge in [-0.1, -0.05) is 24.8 Å². The van der Waals surface area contributed by atoms with Crippen molar-refractivity contribution in [3.8, 4) is 17.2 Å². The predicted octanol–water partition coefficient (Wildman–Crippen LogP) is 3.79. The van der Waals surface area contributed by atoms with Gasteiger partial charge in [-0.2, -0.15) is 0 Å². The number of carbonyl (C=O) groups excluding carboxylic acids is 4. The Labute approximate surface area is 261 Å². The lowest BCUT2D eigenvalue weighted by atomic mass is 9.87. The van der Waals surface area contributed by atoms with Crippen molar-refractivity contribution in [2.45, 2.75) is 58.1 Å². The molecule has 0 aromatic heterocycles. The van der Waals surface area contributed by atoms with Crippen molar-refractivity contribution in [2.24, 2.45) is 5.41 Å². The summed E-state index contributed by atoms with van der Waals surface area (Å²) in [5, 5.41) is 19.2. The third-order valence-corrected chi connectivity index (χ3v) is 7.38. The molecule has 0 saturated carbocycles. The number of phenolic OH excluding ortho intramolecular Hbond substituents is 1. The largest absolute Gasteiger partial charge is 0.504 e. The number of piperidine rings is 1. The molecule has 1 amide bonds. The Morgan fingerprint density at radius 2 is 1.87 bits per heavy atom. The number of phenols is 1. The van der Waals surface area contributed by atoms with E-state index in [4.69, 9.17) is 24.1 Å². The second kappa shape index (κ2) is 15.7. The Balaban J connectivity index is 1.83. The van der Waals surface area contributed by atoms with Crippen LogP contribution in [0.4, 0.5) is 0 Å². The number of benzene rings is 2. The first-order valence-corrected chi connectivity index (χ1v) is 14.5. The van der Waals surface area contributed by atoms with Crippen molar-refractivity contribution in [1.82, 2.24) is 4.90 Å². The number of carbonyl (C=O) groups is 5. The number of methoxy groups -OCH3 is 1. The second-order valence-electron chi connectivity index (χ2n) is 11.3. The highest BCUT2D eigenvalue weighted by Crippen LogP contribution is 2.32. The van der Waals surface area contributed by atoms with Gasteiger partial charge in [-0.15, -0.1) is 0 Å². The zero-order valence-corrected chi connectivity index (χ0v) is 25.7. The standard InChI is InChI=1S/C33H39NO11/c1-5-29(38)44-20-33(2,3)30(39)31(40)34-16-7-6-11-24(34)32(41)45-26(14-12-21-13-15-27(42-4)25(35)17-21)22-9-8-10-23(18-22)43-19-28(36)37/h5,8-10,13,15,17-18,24,26,35H,1,6-7,11-12,14,16,19-20H2,2-4H3,(H,36,37)/t24-,26+/m0/s1. The number of hydrogen-bond donors (Lipinski definition) is 2. The normalized spacial score (nSPS) is 15.4. The van der Waals surface area contributed by atoms with Crippen LogP contribution in [0.2, 0.25) is 0 Å². The van der Waals surface area contributed by atoms with E-state index in [0.717, 1.165) is 11.6 Å². The van der Waals surface area contributed by atoms with Crippen molar-refractivity contribution in [3.63, 3.8) is 0 Å². The Morgan fingerprint density at radius 3 is 2.53 bits per heavy atom. The van der Waals surface area contributed by atoms with Gasteiger partial charge in [0.1, 0.15) is 24.5 Å². The van der Waals surface area contributed by atoms with E-state index in [-0.39, 0.29) is 37.5 Å². The van der Waals surface area contributed by atoms with Gasteiger partial charge in [-0.05, 0) is 81.3 Å². The lowest BCUT2D eigenvalue weighted by Gasteiger charge is -2.36. The van der Waals surface area contributed by atoms with Crippen molar-refractivity contribution in [2.75, 3.05) is 26.9 Å². The van der Waals surface area contributed by atoms with E-state index < -0.39 is 53.8 Å². The molecule has 0 unspecified atom stereocenters. The summed E-state index contributed by atoms with van der Waals surface area (Å²) in [6.07, 6.45) is 2.25. The van der Waals surface area contributed by atoms with Crippen LogP contribution in [0.25, 0.3) is 0 Å². The van der Waals surface area contributed by atoms with Crippen LogP contribution in [0.15, 0.2) is 55.1 Å². The maximum Gasteiger partial charge on any atom is 0.341 e. The van der Waals surface area contributed by atoms with Crippen LogP contribution in [0.5, 0.6) is 17.2 Å². The van der Waals surface area contributed by atoms with Crippen LogP contribution in [0.1, 0.15) is 56.8 Å². The SMILES string of the molecule is C=CC(=O)OCC(C)(C)C(=O)C(=O)N1CCCC[C@H]1C(=O)O[C@H](CCc1ccc(OC)c(O)c1)c1cccc(OCC(=O)O)c1. The Hall–Kier alpha value is -4.87. The average molecular weight is 626 g/mol. The number of aliphatic carboxylic acids is 1. The molecule has 0 spiro atoms. The lowest BCUT2D eigenvalue weighted by Crippen LogP contribution is -2.53. The molecule has 2 N–H and O–H groups in total. The smallest absolute Gasteiger partial charge is 0.341 e. The predicted molar refractivity (Wildman–Crippen MR) is 161 cm³/mol. The molecule has 45 heavy (non-hydrogen) atoms. The second-order valence-corrected chi connectivity index (χ2v) is 11.3. The number of Topliss-reactive ketones (excluding diaryl/α,β-unsaturated/α-hetero) is 1. The zero-order chi connectivity index (χ0) is 33.1. The van der Waals surface area contributed by atoms with Crippen LogP contribution >= 0.6 is 0 Å². The van der Waals surface area contributed by atoms with E-state index in [1.165, 1.54) is 25.9 Å². The summed E-state index contributed by atoms with van der Waals surface area (Å²) in [6.45, 7) is 5.55. The topological polar surface area (TPSA) is 166 Å². The Bertz CT molecular complexity index is 1420. The van der Waals surface area contributed by atoms with Crippen LogP contribution in [-0.2, 0) is 39.9 Å². The number of ketones is 1. The monoisotopic (exact) mass is 625 g/mol. The van der Waals surface area contributed by atoms with Gasteiger partial charge in [0.2, 0.25) is 5.78 Å². The highest BCUT2D eigenvalue weighted by Gasteiger charge is 2.42.